The summed E-state index contributed by atoms with van der Waals surface area (Å²) in [5.41, 5.74) is 5.28. The molecule has 0 aliphatic rings. The number of rotatable bonds is 5. The van der Waals surface area contributed by atoms with E-state index >= 15 is 0 Å². The van der Waals surface area contributed by atoms with Gasteiger partial charge in [0.25, 0.3) is 0 Å². The number of halogens is 1. The largest absolute Gasteiger partial charge is 0.370 e. The summed E-state index contributed by atoms with van der Waals surface area (Å²) in [5.74, 6) is 0. The molecule has 0 aromatic heterocycles. The summed E-state index contributed by atoms with van der Waals surface area (Å²) < 4.78 is 1.11. The number of nitrogens with one attached hydrogen (secondary N) is 1. The molecule has 3 heteroatoms. The molecule has 2 nitrogen and oxygen atoms in total. The lowest BCUT2D eigenvalue weighted by molar-refractivity contribution is 0.804. The quantitative estimate of drug-likeness (QED) is 0.886. The second-order valence-electron chi connectivity index (χ2n) is 5.09. The van der Waals surface area contributed by atoms with Crippen LogP contribution in [-0.4, -0.2) is 14.1 Å². The minimum Gasteiger partial charge on any atom is -0.370 e. The molecule has 0 bridgehead atoms. The van der Waals surface area contributed by atoms with Crippen molar-refractivity contribution in [3.63, 3.8) is 0 Å². The van der Waals surface area contributed by atoms with E-state index in [1.54, 1.807) is 0 Å². The van der Waals surface area contributed by atoms with Gasteiger partial charge in [0.05, 0.1) is 0 Å². The number of anilines is 1. The minimum atomic E-state index is 0.876. The topological polar surface area (TPSA) is 15.3 Å². The molecule has 2 aromatic carbocycles. The number of hydrogen-bond donors (Lipinski definition) is 1. The summed E-state index contributed by atoms with van der Waals surface area (Å²) in [7, 11) is 4.13. The van der Waals surface area contributed by atoms with Crippen molar-refractivity contribution in [2.45, 2.75) is 20.0 Å². The van der Waals surface area contributed by atoms with E-state index in [1.165, 1.54) is 22.4 Å². The predicted molar refractivity (Wildman–Crippen MR) is 90.2 cm³/mol. The molecule has 0 aliphatic heterocycles. The molecular weight excluding hydrogens is 312 g/mol. The second kappa shape index (κ2) is 6.91. The predicted octanol–water partition coefficient (Wildman–Crippen LogP) is 4.11. The van der Waals surface area contributed by atoms with E-state index in [0.29, 0.717) is 0 Å². The first-order valence-corrected chi connectivity index (χ1v) is 7.60. The molecule has 0 saturated carbocycles. The molecule has 0 heterocycles. The first kappa shape index (κ1) is 15.1. The zero-order chi connectivity index (χ0) is 14.5. The van der Waals surface area contributed by atoms with Crippen molar-refractivity contribution >= 4 is 21.6 Å². The van der Waals surface area contributed by atoms with Crippen molar-refractivity contribution in [1.82, 2.24) is 5.32 Å². The molecule has 1 N–H and O–H groups in total. The van der Waals surface area contributed by atoms with Crippen LogP contribution in [0, 0.1) is 6.92 Å². The molecule has 106 valence electrons. The van der Waals surface area contributed by atoms with Crippen LogP contribution in [0.25, 0.3) is 0 Å². The fraction of sp³-hybridized carbons (Fsp3) is 0.294. The van der Waals surface area contributed by atoms with Crippen LogP contribution in [-0.2, 0) is 13.1 Å². The van der Waals surface area contributed by atoms with Crippen molar-refractivity contribution in [1.29, 1.82) is 0 Å². The van der Waals surface area contributed by atoms with E-state index in [4.69, 9.17) is 0 Å². The highest BCUT2D eigenvalue weighted by Crippen LogP contribution is 2.26. The van der Waals surface area contributed by atoms with Gasteiger partial charge in [-0.1, -0.05) is 46.3 Å². The average molecular weight is 333 g/mol. The summed E-state index contributed by atoms with van der Waals surface area (Å²) in [5, 5.41) is 3.23. The van der Waals surface area contributed by atoms with Gasteiger partial charge < -0.3 is 10.2 Å². The lowest BCUT2D eigenvalue weighted by atomic mass is 10.1. The smallest absolute Gasteiger partial charge is 0.0428 e. The summed E-state index contributed by atoms with van der Waals surface area (Å²) in [6.07, 6.45) is 0. The molecule has 2 aromatic rings. The summed E-state index contributed by atoms with van der Waals surface area (Å²) in [6, 6.07) is 15.0. The van der Waals surface area contributed by atoms with Crippen molar-refractivity contribution in [2.24, 2.45) is 0 Å². The second-order valence-corrected chi connectivity index (χ2v) is 6.00. The third-order valence-corrected chi connectivity index (χ3v) is 3.99. The lowest BCUT2D eigenvalue weighted by Crippen LogP contribution is -2.20. The standard InChI is InChI=1S/C17H21BrN2/c1-13-6-4-5-7-15(13)12-20(3)17-10-16(18)9-8-14(17)11-19-2/h4-10,19H,11-12H2,1-3H3. The van der Waals surface area contributed by atoms with E-state index in [0.717, 1.165) is 17.6 Å². The van der Waals surface area contributed by atoms with E-state index in [2.05, 4.69) is 82.6 Å². The highest BCUT2D eigenvalue weighted by molar-refractivity contribution is 9.10. The molecule has 0 unspecified atom stereocenters. The summed E-state index contributed by atoms with van der Waals surface area (Å²) >= 11 is 3.57. The molecule has 20 heavy (non-hydrogen) atoms. The van der Waals surface area contributed by atoms with Crippen LogP contribution in [0.2, 0.25) is 0 Å². The Labute approximate surface area is 129 Å². The summed E-state index contributed by atoms with van der Waals surface area (Å²) in [4.78, 5) is 2.31. The van der Waals surface area contributed by atoms with E-state index in [9.17, 15) is 0 Å². The number of benzene rings is 2. The van der Waals surface area contributed by atoms with Crippen LogP contribution in [0.4, 0.5) is 5.69 Å². The van der Waals surface area contributed by atoms with Gasteiger partial charge in [0.2, 0.25) is 0 Å². The van der Waals surface area contributed by atoms with E-state index < -0.39 is 0 Å². The first-order valence-electron chi connectivity index (χ1n) is 6.80. The maximum Gasteiger partial charge on any atom is 0.0428 e. The van der Waals surface area contributed by atoms with Crippen molar-refractivity contribution in [2.75, 3.05) is 19.0 Å². The first-order chi connectivity index (χ1) is 9.61. The molecule has 0 saturated heterocycles. The normalized spacial score (nSPS) is 10.6. The lowest BCUT2D eigenvalue weighted by Gasteiger charge is -2.24. The molecule has 2 rings (SSSR count). The van der Waals surface area contributed by atoms with Crippen LogP contribution < -0.4 is 10.2 Å². The maximum atomic E-state index is 3.57. The molecule has 0 atom stereocenters. The fourth-order valence-corrected chi connectivity index (χ4v) is 2.71. The van der Waals surface area contributed by atoms with Gasteiger partial charge in [0.15, 0.2) is 0 Å². The molecule has 0 spiro atoms. The number of nitrogens with zero attached hydrogens (tertiary/aromatic N) is 1. The fourth-order valence-electron chi connectivity index (χ4n) is 2.36. The van der Waals surface area contributed by atoms with E-state index in [1.807, 2.05) is 7.05 Å². The Morgan fingerprint density at radius 2 is 1.85 bits per heavy atom. The Morgan fingerprint density at radius 1 is 1.10 bits per heavy atom. The molecule has 0 fully saturated rings. The maximum absolute atomic E-state index is 3.57. The Kier molecular flexibility index (Phi) is 5.21. The summed E-state index contributed by atoms with van der Waals surface area (Å²) in [6.45, 7) is 3.96. The Morgan fingerprint density at radius 3 is 2.55 bits per heavy atom. The van der Waals surface area contributed by atoms with E-state index in [-0.39, 0.29) is 0 Å². The zero-order valence-electron chi connectivity index (χ0n) is 12.3. The highest BCUT2D eigenvalue weighted by Gasteiger charge is 2.09. The van der Waals surface area contributed by atoms with Crippen LogP contribution in [0.5, 0.6) is 0 Å². The van der Waals surface area contributed by atoms with Gasteiger partial charge in [-0.25, -0.2) is 0 Å². The monoisotopic (exact) mass is 332 g/mol. The van der Waals surface area contributed by atoms with Gasteiger partial charge in [-0.2, -0.15) is 0 Å². The van der Waals surface area contributed by atoms with Crippen LogP contribution in [0.3, 0.4) is 0 Å². The van der Waals surface area contributed by atoms with Crippen LogP contribution in [0.15, 0.2) is 46.9 Å². The minimum absolute atomic E-state index is 0.876. The van der Waals surface area contributed by atoms with Crippen molar-refractivity contribution in [3.05, 3.63) is 63.6 Å². The van der Waals surface area contributed by atoms with Gasteiger partial charge in [0, 0.05) is 30.3 Å². The van der Waals surface area contributed by atoms with Gasteiger partial charge in [-0.3, -0.25) is 0 Å². The van der Waals surface area contributed by atoms with Gasteiger partial charge >= 0.3 is 0 Å². The van der Waals surface area contributed by atoms with Crippen molar-refractivity contribution in [3.8, 4) is 0 Å². The van der Waals surface area contributed by atoms with Crippen LogP contribution in [0.1, 0.15) is 16.7 Å². The van der Waals surface area contributed by atoms with Gasteiger partial charge in [0.1, 0.15) is 0 Å². The highest BCUT2D eigenvalue weighted by atomic mass is 79.9. The Hall–Kier alpha value is -1.32. The third kappa shape index (κ3) is 3.62. The molecule has 0 amide bonds. The number of hydrogen-bond acceptors (Lipinski definition) is 2. The third-order valence-electron chi connectivity index (χ3n) is 3.49. The average Bonchev–Trinajstić information content (AvgIpc) is 2.43. The number of aryl methyl sites for hydroxylation is 1. The molecular formula is C17H21BrN2. The Balaban J connectivity index is 2.26. The van der Waals surface area contributed by atoms with Gasteiger partial charge in [-0.05, 0) is 42.8 Å². The van der Waals surface area contributed by atoms with Gasteiger partial charge in [-0.15, -0.1) is 0 Å². The SMILES string of the molecule is CNCc1ccc(Br)cc1N(C)Cc1ccccc1C. The Bertz CT molecular complexity index is 581. The zero-order valence-corrected chi connectivity index (χ0v) is 13.9. The van der Waals surface area contributed by atoms with Crippen LogP contribution >= 0.6 is 15.9 Å². The molecule has 0 aliphatic carbocycles. The van der Waals surface area contributed by atoms with Crippen molar-refractivity contribution < 1.29 is 0 Å². The molecule has 0 radical (unpaired) electrons.